The molecule has 0 saturated heterocycles. The summed E-state index contributed by atoms with van der Waals surface area (Å²) in [7, 11) is 0. The Kier molecular flexibility index (Phi) is 5.65. The number of nitrogens with one attached hydrogen (secondary N) is 1. The highest BCUT2D eigenvalue weighted by Crippen LogP contribution is 2.63. The Balaban J connectivity index is 1.14. The lowest BCUT2D eigenvalue weighted by molar-refractivity contribution is 0.794. The fourth-order valence-electron chi connectivity index (χ4n) is 9.02. The van der Waals surface area contributed by atoms with Gasteiger partial charge in [0.25, 0.3) is 0 Å². The molecule has 1 aromatic heterocycles. The van der Waals surface area contributed by atoms with Crippen molar-refractivity contribution in [2.75, 3.05) is 10.2 Å². The van der Waals surface area contributed by atoms with Crippen LogP contribution in [-0.2, 0) is 5.41 Å². The zero-order chi connectivity index (χ0) is 32.8. The van der Waals surface area contributed by atoms with Gasteiger partial charge in [-0.2, -0.15) is 0 Å². The Labute approximate surface area is 291 Å². The van der Waals surface area contributed by atoms with Crippen LogP contribution >= 0.6 is 0 Å². The molecule has 234 valence electrons. The fourth-order valence-corrected chi connectivity index (χ4v) is 9.02. The maximum absolute atomic E-state index is 4.33. The van der Waals surface area contributed by atoms with Gasteiger partial charge in [0, 0.05) is 24.2 Å². The van der Waals surface area contributed by atoms with Crippen LogP contribution in [0.5, 0.6) is 0 Å². The zero-order valence-electron chi connectivity index (χ0n) is 27.2. The molecule has 4 aliphatic rings. The van der Waals surface area contributed by atoms with Gasteiger partial charge in [0.1, 0.15) is 6.17 Å². The normalized spacial score (nSPS) is 16.3. The zero-order valence-corrected chi connectivity index (χ0v) is 27.2. The second-order valence-electron chi connectivity index (χ2n) is 13.6. The van der Waals surface area contributed by atoms with Crippen LogP contribution in [0.3, 0.4) is 0 Å². The van der Waals surface area contributed by atoms with Gasteiger partial charge in [-0.05, 0) is 109 Å². The predicted molar refractivity (Wildman–Crippen MR) is 205 cm³/mol. The highest BCUT2D eigenvalue weighted by molar-refractivity contribution is 5.99. The fraction of sp³-hybridized carbons (Fsp3) is 0.0426. The second kappa shape index (κ2) is 10.3. The molecular weight excluding hydrogens is 607 g/mol. The average Bonchev–Trinajstić information content (AvgIpc) is 3.82. The number of aromatic nitrogens is 1. The largest absolute Gasteiger partial charge is 0.359 e. The molecule has 1 unspecified atom stereocenters. The van der Waals surface area contributed by atoms with Crippen molar-refractivity contribution in [2.24, 2.45) is 0 Å². The van der Waals surface area contributed by atoms with E-state index >= 15 is 0 Å². The molecule has 3 nitrogen and oxygen atoms in total. The van der Waals surface area contributed by atoms with Crippen LogP contribution in [0.15, 0.2) is 176 Å². The lowest BCUT2D eigenvalue weighted by Crippen LogP contribution is -2.30. The van der Waals surface area contributed by atoms with Gasteiger partial charge in [-0.15, -0.1) is 0 Å². The van der Waals surface area contributed by atoms with Crippen LogP contribution in [0.1, 0.15) is 22.3 Å². The van der Waals surface area contributed by atoms with Crippen LogP contribution in [0.2, 0.25) is 0 Å². The molecule has 3 heterocycles. The molecule has 0 radical (unpaired) electrons. The van der Waals surface area contributed by atoms with Gasteiger partial charge in [0.05, 0.1) is 16.8 Å². The standard InChI is InChI=1S/C47H31N3/c1-4-14-40-35(11-1)36-12-2-5-15-41(36)47(40)42-16-6-3-13-37(42)38-23-22-32(27-43(38)47)39-26-34(28-44-46(39)49-45-17-7-8-25-50(44)45)31-20-18-30(19-21-31)33-10-9-24-48-29-33/h1-29,45,49H. The summed E-state index contributed by atoms with van der Waals surface area (Å²) in [4.78, 5) is 6.68. The van der Waals surface area contributed by atoms with Gasteiger partial charge in [-0.3, -0.25) is 4.98 Å². The van der Waals surface area contributed by atoms with E-state index in [1.165, 1.54) is 78.1 Å². The van der Waals surface area contributed by atoms with Crippen molar-refractivity contribution in [3.63, 3.8) is 0 Å². The van der Waals surface area contributed by atoms with E-state index in [1.54, 1.807) is 0 Å². The van der Waals surface area contributed by atoms with Crippen LogP contribution in [0, 0.1) is 0 Å². The lowest BCUT2D eigenvalue weighted by Gasteiger charge is -2.30. The van der Waals surface area contributed by atoms with Gasteiger partial charge in [0.15, 0.2) is 0 Å². The van der Waals surface area contributed by atoms with Crippen LogP contribution in [0.4, 0.5) is 11.4 Å². The monoisotopic (exact) mass is 637 g/mol. The number of anilines is 2. The molecule has 0 bridgehead atoms. The van der Waals surface area contributed by atoms with Crippen molar-refractivity contribution in [3.05, 3.63) is 199 Å². The van der Waals surface area contributed by atoms with Gasteiger partial charge in [0.2, 0.25) is 0 Å². The first kappa shape index (κ1) is 27.5. The predicted octanol–water partition coefficient (Wildman–Crippen LogP) is 11.1. The summed E-state index contributed by atoms with van der Waals surface area (Å²) in [6.07, 6.45) is 12.5. The van der Waals surface area contributed by atoms with Crippen molar-refractivity contribution in [1.82, 2.24) is 4.98 Å². The Morgan fingerprint density at radius 2 is 1.12 bits per heavy atom. The number of rotatable bonds is 3. The van der Waals surface area contributed by atoms with E-state index in [0.717, 1.165) is 11.1 Å². The molecule has 1 spiro atoms. The Morgan fingerprint density at radius 3 is 1.78 bits per heavy atom. The topological polar surface area (TPSA) is 28.2 Å². The maximum atomic E-state index is 4.33. The molecule has 2 aliphatic heterocycles. The van der Waals surface area contributed by atoms with Gasteiger partial charge in [-0.25, -0.2) is 0 Å². The SMILES string of the molecule is C1=CC2Nc3c(-c4ccc5c(c4)C4(c6ccccc6-c6ccccc64)c4ccccc4-5)cc(-c4ccc(-c5cccnc5)cc4)cc3N2C=C1. The average molecular weight is 638 g/mol. The number of nitrogens with zero attached hydrogens (tertiary/aromatic N) is 2. The molecular formula is C47H31N3. The molecule has 1 N–H and O–H groups in total. The summed E-state index contributed by atoms with van der Waals surface area (Å²) in [5.41, 5.74) is 19.8. The van der Waals surface area contributed by atoms with Crippen molar-refractivity contribution in [3.8, 4) is 55.6 Å². The van der Waals surface area contributed by atoms with Gasteiger partial charge >= 0.3 is 0 Å². The van der Waals surface area contributed by atoms with Crippen molar-refractivity contribution < 1.29 is 0 Å². The Bertz CT molecular complexity index is 2510. The Hall–Kier alpha value is -6.45. The maximum Gasteiger partial charge on any atom is 0.123 e. The molecule has 0 amide bonds. The van der Waals surface area contributed by atoms with Gasteiger partial charge < -0.3 is 10.2 Å². The first-order valence-corrected chi connectivity index (χ1v) is 17.3. The van der Waals surface area contributed by atoms with Crippen LogP contribution in [0.25, 0.3) is 55.6 Å². The second-order valence-corrected chi connectivity index (χ2v) is 13.6. The molecule has 1 atom stereocenters. The van der Waals surface area contributed by atoms with E-state index < -0.39 is 0 Å². The third-order valence-electron chi connectivity index (χ3n) is 11.2. The first-order chi connectivity index (χ1) is 24.8. The summed E-state index contributed by atoms with van der Waals surface area (Å²) in [5.74, 6) is 0. The minimum Gasteiger partial charge on any atom is -0.359 e. The van der Waals surface area contributed by atoms with E-state index in [0.29, 0.717) is 0 Å². The van der Waals surface area contributed by atoms with Crippen molar-refractivity contribution in [2.45, 2.75) is 11.6 Å². The number of fused-ring (bicyclic) bond motifs is 13. The minimum atomic E-state index is -0.381. The molecule has 0 fully saturated rings. The van der Waals surface area contributed by atoms with E-state index in [-0.39, 0.29) is 11.6 Å². The Morgan fingerprint density at radius 1 is 0.500 bits per heavy atom. The summed E-state index contributed by atoms with van der Waals surface area (Å²) >= 11 is 0. The van der Waals surface area contributed by atoms with E-state index in [4.69, 9.17) is 0 Å². The molecule has 6 aromatic carbocycles. The van der Waals surface area contributed by atoms with Crippen molar-refractivity contribution >= 4 is 11.4 Å². The highest BCUT2D eigenvalue weighted by atomic mass is 15.3. The first-order valence-electron chi connectivity index (χ1n) is 17.3. The summed E-state index contributed by atoms with van der Waals surface area (Å²) in [6.45, 7) is 0. The molecule has 2 aliphatic carbocycles. The number of allylic oxidation sites excluding steroid dienone is 2. The van der Waals surface area contributed by atoms with Crippen LogP contribution in [-0.4, -0.2) is 11.1 Å². The summed E-state index contributed by atoms with van der Waals surface area (Å²) < 4.78 is 0. The summed E-state index contributed by atoms with van der Waals surface area (Å²) in [5, 5.41) is 3.87. The highest BCUT2D eigenvalue weighted by Gasteiger charge is 2.51. The smallest absolute Gasteiger partial charge is 0.123 e. The van der Waals surface area contributed by atoms with E-state index in [1.807, 2.05) is 18.5 Å². The number of benzene rings is 6. The minimum absolute atomic E-state index is 0.0792. The molecule has 3 heteroatoms. The third-order valence-corrected chi connectivity index (χ3v) is 11.2. The van der Waals surface area contributed by atoms with E-state index in [2.05, 4.69) is 173 Å². The van der Waals surface area contributed by atoms with Crippen LogP contribution < -0.4 is 10.2 Å². The molecule has 0 saturated carbocycles. The molecule has 7 aromatic rings. The number of hydrogen-bond donors (Lipinski definition) is 1. The number of pyridine rings is 1. The molecule has 50 heavy (non-hydrogen) atoms. The van der Waals surface area contributed by atoms with Crippen molar-refractivity contribution in [1.29, 1.82) is 0 Å². The third kappa shape index (κ3) is 3.66. The lowest BCUT2D eigenvalue weighted by atomic mass is 9.70. The number of hydrogen-bond acceptors (Lipinski definition) is 3. The quantitative estimate of drug-likeness (QED) is 0.209. The molecule has 11 rings (SSSR count). The van der Waals surface area contributed by atoms with E-state index in [9.17, 15) is 0 Å². The van der Waals surface area contributed by atoms with Gasteiger partial charge in [-0.1, -0.05) is 121 Å². The summed E-state index contributed by atoms with van der Waals surface area (Å²) in [6, 6.07) is 52.0.